The number of carbonyl (C=O) groups excluding carboxylic acids is 1. The third-order valence-corrected chi connectivity index (χ3v) is 17.1. The fourth-order valence-corrected chi connectivity index (χ4v) is 8.32. The molecule has 56 heavy (non-hydrogen) atoms. The van der Waals surface area contributed by atoms with Crippen LogP contribution >= 0.6 is 0 Å². The number of hydrogen-bond donors (Lipinski definition) is 2. The zero-order chi connectivity index (χ0) is 43.1. The largest absolute Gasteiger partial charge is 0.598 e. The first-order valence-corrected chi connectivity index (χ1v) is 22.2. The lowest BCUT2D eigenvalue weighted by molar-refractivity contribution is -0.143. The molecule has 1 fully saturated rings. The summed E-state index contributed by atoms with van der Waals surface area (Å²) < 4.78 is 120. The summed E-state index contributed by atoms with van der Waals surface area (Å²) in [5.74, 6) is -2.84. The molecule has 1 heterocycles. The summed E-state index contributed by atoms with van der Waals surface area (Å²) >= 11 is -1.73. The smallest absolute Gasteiger partial charge is 0.416 e. The highest BCUT2D eigenvalue weighted by molar-refractivity contribution is 7.90. The number of nitrogens with zero attached hydrogens (tertiary/aromatic N) is 2. The molecule has 5 atom stereocenters. The molecule has 8 nitrogen and oxygen atoms in total. The van der Waals surface area contributed by atoms with Crippen LogP contribution in [0.25, 0.3) is 0 Å². The minimum absolute atomic E-state index is 0.00168. The minimum atomic E-state index is -5.10. The van der Waals surface area contributed by atoms with Gasteiger partial charge in [-0.05, 0) is 119 Å². The van der Waals surface area contributed by atoms with Crippen LogP contribution in [0.2, 0.25) is 18.1 Å². The van der Waals surface area contributed by atoms with Gasteiger partial charge in [0.15, 0.2) is 5.76 Å². The summed E-state index contributed by atoms with van der Waals surface area (Å²) in [6.07, 6.45) is -8.63. The third kappa shape index (κ3) is 10.8. The van der Waals surface area contributed by atoms with Crippen molar-refractivity contribution in [2.45, 2.75) is 128 Å². The normalized spacial score (nSPS) is 20.7. The Morgan fingerprint density at radius 2 is 1.55 bits per heavy atom. The number of amides is 2. The van der Waals surface area contributed by atoms with Crippen molar-refractivity contribution >= 4 is 31.7 Å². The second-order valence-electron chi connectivity index (χ2n) is 17.2. The number of urea groups is 1. The van der Waals surface area contributed by atoms with Gasteiger partial charge in [-0.1, -0.05) is 33.8 Å². The van der Waals surface area contributed by atoms with E-state index in [0.29, 0.717) is 23.3 Å². The Balaban J connectivity index is 2.20. The lowest BCUT2D eigenvalue weighted by Crippen LogP contribution is -2.62. The standard InChI is InChI=1S/C39H54F7N3O5SSi/c1-23-17-29(40)13-14-30(23)31-22-37(47-55(53)35(4,5)6,24(2)18-32(33(50)51)54-56(11,12)36(7,8)9)15-16-49(31)34(52)48(10)25(3)26-19-27(38(41,42)43)21-28(20-26)39(44,45)46/h13-14,17-21,24-25,31,47H,15-16,22H2,1-12H3,(H,50,51)/t24?,25-,31-,37-,55?/m1/s1. The average Bonchev–Trinajstić information content (AvgIpc) is 3.04. The van der Waals surface area contributed by atoms with Gasteiger partial charge in [0.1, 0.15) is 10.6 Å². The molecule has 2 aromatic rings. The van der Waals surface area contributed by atoms with Gasteiger partial charge in [0, 0.05) is 30.9 Å². The molecule has 0 radical (unpaired) electrons. The summed E-state index contributed by atoms with van der Waals surface area (Å²) in [4.78, 5) is 29.6. The van der Waals surface area contributed by atoms with Crippen LogP contribution in [0.4, 0.5) is 35.5 Å². The summed E-state index contributed by atoms with van der Waals surface area (Å²) in [6.45, 7) is 19.5. The van der Waals surface area contributed by atoms with Crippen LogP contribution < -0.4 is 4.72 Å². The summed E-state index contributed by atoms with van der Waals surface area (Å²) in [6, 6.07) is 2.22. The van der Waals surface area contributed by atoms with Crippen molar-refractivity contribution in [1.82, 2.24) is 14.5 Å². The van der Waals surface area contributed by atoms with Gasteiger partial charge in [0.05, 0.1) is 28.7 Å². The Hall–Kier alpha value is -3.28. The molecule has 1 aliphatic rings. The number of rotatable bonds is 10. The topological polar surface area (TPSA) is 105 Å². The van der Waals surface area contributed by atoms with E-state index in [1.807, 2.05) is 33.9 Å². The minimum Gasteiger partial charge on any atom is -0.598 e. The van der Waals surface area contributed by atoms with Crippen molar-refractivity contribution in [3.63, 3.8) is 0 Å². The Labute approximate surface area is 329 Å². The average molecular weight is 838 g/mol. The van der Waals surface area contributed by atoms with Gasteiger partial charge in [-0.3, -0.25) is 0 Å². The van der Waals surface area contributed by atoms with E-state index in [4.69, 9.17) is 4.43 Å². The molecule has 314 valence electrons. The van der Waals surface area contributed by atoms with Gasteiger partial charge in [-0.15, -0.1) is 4.72 Å². The molecule has 0 aliphatic carbocycles. The van der Waals surface area contributed by atoms with Gasteiger partial charge in [0.25, 0.3) is 8.32 Å². The third-order valence-electron chi connectivity index (χ3n) is 11.1. The number of aryl methyl sites for hydroxylation is 1. The zero-order valence-electron chi connectivity index (χ0n) is 33.9. The number of carboxylic acid groups (broad SMARTS) is 1. The molecule has 0 spiro atoms. The Morgan fingerprint density at radius 1 is 1.02 bits per heavy atom. The molecule has 2 amide bonds. The molecule has 2 unspecified atom stereocenters. The van der Waals surface area contributed by atoms with Crippen LogP contribution in [0.1, 0.15) is 108 Å². The highest BCUT2D eigenvalue weighted by atomic mass is 32.2. The zero-order valence-corrected chi connectivity index (χ0v) is 35.7. The quantitative estimate of drug-likeness (QED) is 0.0812. The fraction of sp³-hybridized carbons (Fsp3) is 0.590. The molecule has 0 bridgehead atoms. The molecular weight excluding hydrogens is 784 g/mol. The van der Waals surface area contributed by atoms with Gasteiger partial charge in [-0.2, -0.15) is 26.3 Å². The number of hydrogen-bond acceptors (Lipinski definition) is 5. The SMILES string of the molecule is Cc1cc(F)ccc1[C@H]1C[C@@](N[S+]([O-])C(C)(C)C)(C(C)C=C(O[Si](C)(C)C(C)(C)C)C(=O)O)CCN1C(=O)N(C)[C@H](C)c1cc(C(F)(F)F)cc(C(F)(F)F)c1. The number of alkyl halides is 6. The second kappa shape index (κ2) is 16.5. The Bertz CT molecular complexity index is 1760. The Morgan fingerprint density at radius 3 is 2.00 bits per heavy atom. The number of aliphatic carboxylic acids is 1. The van der Waals surface area contributed by atoms with Crippen LogP contribution in [0.3, 0.4) is 0 Å². The number of benzene rings is 2. The number of carbonyl (C=O) groups is 2. The summed E-state index contributed by atoms with van der Waals surface area (Å²) in [5, 5.41) is 9.96. The van der Waals surface area contributed by atoms with Gasteiger partial charge >= 0.3 is 24.4 Å². The first-order chi connectivity index (χ1) is 25.2. The number of likely N-dealkylation sites (tertiary alicyclic amines) is 1. The van der Waals surface area contributed by atoms with Gasteiger partial charge in [0.2, 0.25) is 0 Å². The highest BCUT2D eigenvalue weighted by Gasteiger charge is 2.51. The number of carboxylic acids is 1. The maximum atomic E-state index is 14.5. The maximum Gasteiger partial charge on any atom is 0.416 e. The lowest BCUT2D eigenvalue weighted by Gasteiger charge is -2.50. The molecular formula is C39H54F7N3O5SSi. The van der Waals surface area contributed by atoms with Crippen molar-refractivity contribution in [2.75, 3.05) is 13.6 Å². The molecule has 17 heteroatoms. The predicted octanol–water partition coefficient (Wildman–Crippen LogP) is 10.5. The van der Waals surface area contributed by atoms with Crippen LogP contribution in [0, 0.1) is 18.7 Å². The summed E-state index contributed by atoms with van der Waals surface area (Å²) in [7, 11) is -1.40. The fourth-order valence-electron chi connectivity index (χ4n) is 6.27. The van der Waals surface area contributed by atoms with E-state index < -0.39 is 94.8 Å². The molecule has 1 aliphatic heterocycles. The molecule has 1 saturated heterocycles. The monoisotopic (exact) mass is 837 g/mol. The number of nitrogens with one attached hydrogen (secondary N) is 1. The van der Waals surface area contributed by atoms with E-state index in [9.17, 15) is 50.0 Å². The molecule has 2 aromatic carbocycles. The van der Waals surface area contributed by atoms with E-state index in [0.717, 1.165) is 4.90 Å². The number of halogens is 7. The molecule has 0 saturated carbocycles. The van der Waals surface area contributed by atoms with E-state index in [-0.39, 0.29) is 36.3 Å². The van der Waals surface area contributed by atoms with Gasteiger partial charge in [-0.25, -0.2) is 14.0 Å². The summed E-state index contributed by atoms with van der Waals surface area (Å²) in [5.41, 5.74) is -3.68. The van der Waals surface area contributed by atoms with Crippen LogP contribution in [0.15, 0.2) is 48.2 Å². The second-order valence-corrected chi connectivity index (χ2v) is 23.9. The van der Waals surface area contributed by atoms with Crippen LogP contribution in [-0.2, 0) is 32.9 Å². The molecule has 3 rings (SSSR count). The number of piperidine rings is 1. The van der Waals surface area contributed by atoms with Crippen LogP contribution in [0.5, 0.6) is 0 Å². The van der Waals surface area contributed by atoms with E-state index >= 15 is 0 Å². The molecule has 2 N–H and O–H groups in total. The Kier molecular flexibility index (Phi) is 13.9. The predicted molar refractivity (Wildman–Crippen MR) is 205 cm³/mol. The van der Waals surface area contributed by atoms with Crippen molar-refractivity contribution in [3.05, 3.63) is 81.9 Å². The van der Waals surface area contributed by atoms with Crippen molar-refractivity contribution in [1.29, 1.82) is 0 Å². The van der Waals surface area contributed by atoms with E-state index in [2.05, 4.69) is 4.72 Å². The van der Waals surface area contributed by atoms with Gasteiger partial charge < -0.3 is 23.9 Å². The maximum absolute atomic E-state index is 14.5. The highest BCUT2D eigenvalue weighted by Crippen LogP contribution is 2.46. The van der Waals surface area contributed by atoms with E-state index in [1.54, 1.807) is 34.6 Å². The first-order valence-electron chi connectivity index (χ1n) is 18.1. The van der Waals surface area contributed by atoms with Crippen molar-refractivity contribution in [3.8, 4) is 0 Å². The van der Waals surface area contributed by atoms with Crippen molar-refractivity contribution in [2.24, 2.45) is 5.92 Å². The first kappa shape index (κ1) is 47.1. The molecule has 0 aromatic heterocycles. The van der Waals surface area contributed by atoms with Crippen LogP contribution in [-0.4, -0.2) is 63.7 Å². The van der Waals surface area contributed by atoms with E-state index in [1.165, 1.54) is 43.1 Å². The van der Waals surface area contributed by atoms with Crippen molar-refractivity contribution < 1.29 is 54.4 Å². The lowest BCUT2D eigenvalue weighted by atomic mass is 9.73.